The predicted octanol–water partition coefficient (Wildman–Crippen LogP) is 1.64. The highest BCUT2D eigenvalue weighted by molar-refractivity contribution is 7.92. The molecular formula is C20H23N3O6S. The van der Waals surface area contributed by atoms with Crippen LogP contribution >= 0.6 is 0 Å². The molecule has 0 aliphatic rings. The molecule has 0 aliphatic carbocycles. The number of hydrogen-bond donors (Lipinski definition) is 0. The number of hydrogen-bond acceptors (Lipinski definition) is 6. The first-order valence-corrected chi connectivity index (χ1v) is 10.6. The summed E-state index contributed by atoms with van der Waals surface area (Å²) in [7, 11) is 0.554. The molecule has 0 spiro atoms. The summed E-state index contributed by atoms with van der Waals surface area (Å²) in [6.45, 7) is 1.29. The summed E-state index contributed by atoms with van der Waals surface area (Å²) in [6.07, 6.45) is 0. The number of fused-ring (bicyclic) bond motifs is 1. The number of esters is 1. The van der Waals surface area contributed by atoms with E-state index in [0.717, 1.165) is 4.31 Å². The van der Waals surface area contributed by atoms with E-state index >= 15 is 0 Å². The van der Waals surface area contributed by atoms with Gasteiger partial charge in [0.25, 0.3) is 10.0 Å². The topological polar surface area (TPSA) is 99.8 Å². The first-order chi connectivity index (χ1) is 14.2. The minimum Gasteiger partial charge on any atom is -0.497 e. The number of benzene rings is 2. The van der Waals surface area contributed by atoms with Crippen molar-refractivity contribution in [1.82, 2.24) is 9.13 Å². The third-order valence-electron chi connectivity index (χ3n) is 4.77. The first kappa shape index (κ1) is 21.4. The van der Waals surface area contributed by atoms with Gasteiger partial charge < -0.3 is 9.47 Å². The molecule has 10 heteroatoms. The van der Waals surface area contributed by atoms with Gasteiger partial charge >= 0.3 is 11.7 Å². The zero-order valence-electron chi connectivity index (χ0n) is 17.2. The van der Waals surface area contributed by atoms with Gasteiger partial charge in [0.15, 0.2) is 0 Å². The molecule has 0 saturated heterocycles. The van der Waals surface area contributed by atoms with Gasteiger partial charge in [-0.3, -0.25) is 18.2 Å². The van der Waals surface area contributed by atoms with Gasteiger partial charge in [0.2, 0.25) is 0 Å². The molecule has 3 rings (SSSR count). The van der Waals surface area contributed by atoms with Gasteiger partial charge in [0.05, 0.1) is 35.3 Å². The Hall–Kier alpha value is -3.27. The van der Waals surface area contributed by atoms with E-state index in [1.807, 2.05) is 0 Å². The van der Waals surface area contributed by atoms with E-state index in [1.165, 1.54) is 28.4 Å². The standard InChI is InChI=1S/C20H23N3O6S/c1-5-29-19(24)13-23(14-6-8-15(28-4)9-7-14)30(26,27)16-10-11-17-18(12-16)22(3)20(25)21(17)2/h6-12H,5,13H2,1-4H3. The van der Waals surface area contributed by atoms with Crippen molar-refractivity contribution < 1.29 is 22.7 Å². The van der Waals surface area contributed by atoms with Crippen LogP contribution in [-0.4, -0.2) is 43.8 Å². The van der Waals surface area contributed by atoms with Crippen LogP contribution < -0.4 is 14.7 Å². The molecule has 3 aromatic rings. The fourth-order valence-electron chi connectivity index (χ4n) is 3.16. The summed E-state index contributed by atoms with van der Waals surface area (Å²) >= 11 is 0. The van der Waals surface area contributed by atoms with Crippen LogP contribution in [0.2, 0.25) is 0 Å². The number of nitrogens with zero attached hydrogens (tertiary/aromatic N) is 3. The Balaban J connectivity index is 2.12. The van der Waals surface area contributed by atoms with Crippen molar-refractivity contribution in [2.75, 3.05) is 24.6 Å². The zero-order chi connectivity index (χ0) is 22.1. The lowest BCUT2D eigenvalue weighted by atomic mass is 10.3. The van der Waals surface area contributed by atoms with Gasteiger partial charge in [-0.2, -0.15) is 0 Å². The Morgan fingerprint density at radius 3 is 2.27 bits per heavy atom. The summed E-state index contributed by atoms with van der Waals surface area (Å²) < 4.78 is 40.8. The average Bonchev–Trinajstić information content (AvgIpc) is 2.96. The number of sulfonamides is 1. The molecule has 0 unspecified atom stereocenters. The second kappa shape index (κ2) is 8.23. The van der Waals surface area contributed by atoms with Gasteiger partial charge in [0, 0.05) is 14.1 Å². The van der Waals surface area contributed by atoms with Gasteiger partial charge in [-0.15, -0.1) is 0 Å². The Kier molecular flexibility index (Phi) is 5.88. The summed E-state index contributed by atoms with van der Waals surface area (Å²) in [4.78, 5) is 24.3. The van der Waals surface area contributed by atoms with Crippen LogP contribution in [0.1, 0.15) is 6.92 Å². The van der Waals surface area contributed by atoms with Crippen molar-refractivity contribution in [3.8, 4) is 5.75 Å². The average molecular weight is 433 g/mol. The molecule has 0 saturated carbocycles. The Bertz CT molecular complexity index is 1240. The Morgan fingerprint density at radius 1 is 1.03 bits per heavy atom. The summed E-state index contributed by atoms with van der Waals surface area (Å²) in [5, 5.41) is 0. The molecule has 160 valence electrons. The lowest BCUT2D eigenvalue weighted by Gasteiger charge is -2.24. The molecule has 0 fully saturated rings. The van der Waals surface area contributed by atoms with Crippen molar-refractivity contribution >= 4 is 32.7 Å². The van der Waals surface area contributed by atoms with E-state index in [4.69, 9.17) is 9.47 Å². The van der Waals surface area contributed by atoms with Crippen LogP contribution in [0, 0.1) is 0 Å². The maximum atomic E-state index is 13.5. The van der Waals surface area contributed by atoms with Crippen molar-refractivity contribution in [3.63, 3.8) is 0 Å². The van der Waals surface area contributed by atoms with Crippen LogP contribution in [0.25, 0.3) is 11.0 Å². The lowest BCUT2D eigenvalue weighted by molar-refractivity contribution is -0.141. The number of carbonyl (C=O) groups excluding carboxylic acids is 1. The molecule has 0 radical (unpaired) electrons. The second-order valence-electron chi connectivity index (χ2n) is 6.57. The van der Waals surface area contributed by atoms with Crippen molar-refractivity contribution in [1.29, 1.82) is 0 Å². The molecule has 9 nitrogen and oxygen atoms in total. The molecule has 30 heavy (non-hydrogen) atoms. The zero-order valence-corrected chi connectivity index (χ0v) is 18.0. The Morgan fingerprint density at radius 2 is 1.67 bits per heavy atom. The maximum Gasteiger partial charge on any atom is 0.328 e. The third kappa shape index (κ3) is 3.78. The predicted molar refractivity (Wildman–Crippen MR) is 112 cm³/mol. The van der Waals surface area contributed by atoms with Crippen LogP contribution in [0.4, 0.5) is 5.69 Å². The number of rotatable bonds is 7. The SMILES string of the molecule is CCOC(=O)CN(c1ccc(OC)cc1)S(=O)(=O)c1ccc2c(c1)n(C)c(=O)n2C. The summed E-state index contributed by atoms with van der Waals surface area (Å²) in [6, 6.07) is 10.7. The number of carbonyl (C=O) groups is 1. The van der Waals surface area contributed by atoms with Crippen LogP contribution in [0.5, 0.6) is 5.75 Å². The highest BCUT2D eigenvalue weighted by Gasteiger charge is 2.28. The van der Waals surface area contributed by atoms with Crippen molar-refractivity contribution in [2.24, 2.45) is 14.1 Å². The van der Waals surface area contributed by atoms with E-state index in [2.05, 4.69) is 0 Å². The third-order valence-corrected chi connectivity index (χ3v) is 6.54. The lowest BCUT2D eigenvalue weighted by Crippen LogP contribution is -2.36. The number of methoxy groups -OCH3 is 1. The minimum atomic E-state index is -4.13. The molecular weight excluding hydrogens is 410 g/mol. The van der Waals surface area contributed by atoms with Gasteiger partial charge in [-0.25, -0.2) is 13.2 Å². The summed E-state index contributed by atoms with van der Waals surface area (Å²) in [5.41, 5.74) is 1.08. The van der Waals surface area contributed by atoms with Crippen LogP contribution in [-0.2, 0) is 33.7 Å². The minimum absolute atomic E-state index is 0.0451. The fourth-order valence-corrected chi connectivity index (χ4v) is 4.59. The molecule has 1 aromatic heterocycles. The van der Waals surface area contributed by atoms with Crippen molar-refractivity contribution in [3.05, 3.63) is 52.9 Å². The quantitative estimate of drug-likeness (QED) is 0.525. The summed E-state index contributed by atoms with van der Waals surface area (Å²) in [5.74, 6) is -0.127. The van der Waals surface area contributed by atoms with E-state index in [1.54, 1.807) is 51.4 Å². The molecule has 1 heterocycles. The molecule has 0 bridgehead atoms. The Labute approximate surface area is 174 Å². The number of imidazole rings is 1. The first-order valence-electron chi connectivity index (χ1n) is 9.18. The van der Waals surface area contributed by atoms with Crippen molar-refractivity contribution in [2.45, 2.75) is 11.8 Å². The maximum absolute atomic E-state index is 13.5. The van der Waals surface area contributed by atoms with E-state index in [9.17, 15) is 18.0 Å². The molecule has 0 N–H and O–H groups in total. The van der Waals surface area contributed by atoms with Crippen LogP contribution in [0.15, 0.2) is 52.2 Å². The molecule has 0 aliphatic heterocycles. The second-order valence-corrected chi connectivity index (χ2v) is 8.43. The van der Waals surface area contributed by atoms with E-state index in [-0.39, 0.29) is 22.9 Å². The van der Waals surface area contributed by atoms with Gasteiger partial charge in [-0.1, -0.05) is 0 Å². The van der Waals surface area contributed by atoms with Gasteiger partial charge in [0.1, 0.15) is 12.3 Å². The van der Waals surface area contributed by atoms with E-state index in [0.29, 0.717) is 16.8 Å². The number of ether oxygens (including phenoxy) is 2. The smallest absolute Gasteiger partial charge is 0.328 e. The number of aryl methyl sites for hydroxylation is 2. The largest absolute Gasteiger partial charge is 0.497 e. The van der Waals surface area contributed by atoms with Crippen LogP contribution in [0.3, 0.4) is 0 Å². The molecule has 0 atom stereocenters. The van der Waals surface area contributed by atoms with Gasteiger partial charge in [-0.05, 0) is 49.4 Å². The normalized spacial score (nSPS) is 11.5. The highest BCUT2D eigenvalue weighted by Crippen LogP contribution is 2.27. The fraction of sp³-hybridized carbons (Fsp3) is 0.300. The molecule has 2 aromatic carbocycles. The van der Waals surface area contributed by atoms with E-state index < -0.39 is 22.5 Å². The number of anilines is 1. The highest BCUT2D eigenvalue weighted by atomic mass is 32.2. The number of aromatic nitrogens is 2. The molecule has 0 amide bonds. The monoisotopic (exact) mass is 433 g/mol.